The van der Waals surface area contributed by atoms with E-state index in [4.69, 9.17) is 9.84 Å². The van der Waals surface area contributed by atoms with Gasteiger partial charge in [-0.15, -0.1) is 0 Å². The van der Waals surface area contributed by atoms with Gasteiger partial charge < -0.3 is 15.2 Å². The summed E-state index contributed by atoms with van der Waals surface area (Å²) in [6, 6.07) is 0. The molecule has 1 heterocycles. The Morgan fingerprint density at radius 3 is 2.50 bits per heavy atom. The number of hydrogen-bond donors (Lipinski definition) is 2. The molecule has 0 radical (unpaired) electrons. The van der Waals surface area contributed by atoms with Crippen molar-refractivity contribution in [3.05, 3.63) is 11.6 Å². The zero-order chi connectivity index (χ0) is 12.1. The summed E-state index contributed by atoms with van der Waals surface area (Å²) in [4.78, 5) is 22.1. The van der Waals surface area contributed by atoms with Crippen molar-refractivity contribution in [2.45, 2.75) is 38.9 Å². The van der Waals surface area contributed by atoms with Crippen molar-refractivity contribution < 1.29 is 19.4 Å². The van der Waals surface area contributed by atoms with Crippen LogP contribution in [-0.4, -0.2) is 35.7 Å². The Hall–Kier alpha value is -1.36. The number of carboxylic acid groups (broad SMARTS) is 1. The normalized spacial score (nSPS) is 23.9. The third-order valence-electron chi connectivity index (χ3n) is 2.37. The molecule has 5 heteroatoms. The summed E-state index contributed by atoms with van der Waals surface area (Å²) in [5.74, 6) is -1.24. The van der Waals surface area contributed by atoms with Crippen molar-refractivity contribution in [1.29, 1.82) is 0 Å². The highest BCUT2D eigenvalue weighted by Crippen LogP contribution is 2.19. The van der Waals surface area contributed by atoms with Gasteiger partial charge in [0.05, 0.1) is 0 Å². The zero-order valence-electron chi connectivity index (χ0n) is 9.53. The first kappa shape index (κ1) is 12.7. The maximum absolute atomic E-state index is 11.5. The van der Waals surface area contributed by atoms with E-state index in [1.165, 1.54) is 0 Å². The number of carboxylic acids is 1. The molecule has 90 valence electrons. The van der Waals surface area contributed by atoms with Gasteiger partial charge in [0.15, 0.2) is 6.10 Å². The van der Waals surface area contributed by atoms with E-state index in [2.05, 4.69) is 5.32 Å². The Morgan fingerprint density at radius 2 is 2.00 bits per heavy atom. The summed E-state index contributed by atoms with van der Waals surface area (Å²) in [5.41, 5.74) is 1.12. The minimum atomic E-state index is -1.00. The monoisotopic (exact) mass is 227 g/mol. The van der Waals surface area contributed by atoms with Crippen molar-refractivity contribution in [3.8, 4) is 0 Å². The number of amides is 1. The Labute approximate surface area is 94.5 Å². The van der Waals surface area contributed by atoms with Crippen LogP contribution in [0, 0.1) is 0 Å². The van der Waals surface area contributed by atoms with E-state index >= 15 is 0 Å². The fourth-order valence-electron chi connectivity index (χ4n) is 1.48. The molecule has 0 unspecified atom stereocenters. The van der Waals surface area contributed by atoms with E-state index in [0.717, 1.165) is 5.57 Å². The highest BCUT2D eigenvalue weighted by atomic mass is 16.5. The SMILES string of the molecule is CC(C)=CCNC(=O)[C@@H]1CC[C@H](C(=O)O)O1. The number of carbonyl (C=O) groups is 2. The van der Waals surface area contributed by atoms with Crippen molar-refractivity contribution in [2.75, 3.05) is 6.54 Å². The second-order valence-corrected chi connectivity index (χ2v) is 4.06. The van der Waals surface area contributed by atoms with E-state index in [1.807, 2.05) is 19.9 Å². The largest absolute Gasteiger partial charge is 0.479 e. The van der Waals surface area contributed by atoms with Gasteiger partial charge in [-0.1, -0.05) is 11.6 Å². The lowest BCUT2D eigenvalue weighted by Gasteiger charge is -2.10. The number of allylic oxidation sites excluding steroid dienone is 1. The molecule has 5 nitrogen and oxygen atoms in total. The Balaban J connectivity index is 2.34. The van der Waals surface area contributed by atoms with E-state index in [0.29, 0.717) is 19.4 Å². The van der Waals surface area contributed by atoms with Gasteiger partial charge in [0.25, 0.3) is 0 Å². The van der Waals surface area contributed by atoms with Crippen LogP contribution in [0.2, 0.25) is 0 Å². The van der Waals surface area contributed by atoms with Crippen molar-refractivity contribution in [3.63, 3.8) is 0 Å². The van der Waals surface area contributed by atoms with E-state index in [9.17, 15) is 9.59 Å². The minimum Gasteiger partial charge on any atom is -0.479 e. The van der Waals surface area contributed by atoms with E-state index in [-0.39, 0.29) is 5.91 Å². The molecule has 1 rings (SSSR count). The van der Waals surface area contributed by atoms with Crippen LogP contribution < -0.4 is 5.32 Å². The molecule has 0 aromatic heterocycles. The number of rotatable bonds is 4. The van der Waals surface area contributed by atoms with E-state index in [1.54, 1.807) is 0 Å². The second kappa shape index (κ2) is 5.65. The van der Waals surface area contributed by atoms with Crippen LogP contribution in [-0.2, 0) is 14.3 Å². The van der Waals surface area contributed by atoms with Crippen LogP contribution in [0.3, 0.4) is 0 Å². The summed E-state index contributed by atoms with van der Waals surface area (Å²) in [6.07, 6.45) is 1.31. The molecule has 1 fully saturated rings. The molecule has 1 amide bonds. The average molecular weight is 227 g/mol. The van der Waals surface area contributed by atoms with Gasteiger partial charge in [0.2, 0.25) is 5.91 Å². The number of carbonyl (C=O) groups excluding carboxylic acids is 1. The van der Waals surface area contributed by atoms with Crippen LogP contribution in [0.4, 0.5) is 0 Å². The van der Waals surface area contributed by atoms with Gasteiger partial charge in [-0.25, -0.2) is 4.79 Å². The van der Waals surface area contributed by atoms with Crippen molar-refractivity contribution in [2.24, 2.45) is 0 Å². The quantitative estimate of drug-likeness (QED) is 0.693. The van der Waals surface area contributed by atoms with E-state index < -0.39 is 18.2 Å². The van der Waals surface area contributed by atoms with Crippen LogP contribution in [0.1, 0.15) is 26.7 Å². The molecule has 1 saturated heterocycles. The lowest BCUT2D eigenvalue weighted by molar-refractivity contribution is -0.151. The lowest BCUT2D eigenvalue weighted by atomic mass is 10.2. The second-order valence-electron chi connectivity index (χ2n) is 4.06. The van der Waals surface area contributed by atoms with Crippen molar-refractivity contribution in [1.82, 2.24) is 5.32 Å². The summed E-state index contributed by atoms with van der Waals surface area (Å²) in [5, 5.41) is 11.4. The first-order valence-corrected chi connectivity index (χ1v) is 5.30. The highest BCUT2D eigenvalue weighted by molar-refractivity contribution is 5.82. The van der Waals surface area contributed by atoms with Crippen LogP contribution in [0.25, 0.3) is 0 Å². The average Bonchev–Trinajstić information content (AvgIpc) is 2.65. The standard InChI is InChI=1S/C11H17NO4/c1-7(2)5-6-12-10(13)8-3-4-9(16-8)11(14)15/h5,8-9H,3-4,6H2,1-2H3,(H,12,13)(H,14,15)/t8-,9+/m0/s1. The summed E-state index contributed by atoms with van der Waals surface area (Å²) in [6.45, 7) is 4.34. The molecule has 1 aliphatic heterocycles. The summed E-state index contributed by atoms with van der Waals surface area (Å²) >= 11 is 0. The van der Waals surface area contributed by atoms with Gasteiger partial charge in [-0.3, -0.25) is 4.79 Å². The molecule has 0 aromatic carbocycles. The molecule has 0 aromatic rings. The van der Waals surface area contributed by atoms with Crippen LogP contribution >= 0.6 is 0 Å². The van der Waals surface area contributed by atoms with Gasteiger partial charge in [0, 0.05) is 6.54 Å². The number of hydrogen-bond acceptors (Lipinski definition) is 3. The Kier molecular flexibility index (Phi) is 4.49. The lowest BCUT2D eigenvalue weighted by Crippen LogP contribution is -2.35. The highest BCUT2D eigenvalue weighted by Gasteiger charge is 2.34. The fraction of sp³-hybridized carbons (Fsp3) is 0.636. The number of nitrogens with one attached hydrogen (secondary N) is 1. The predicted molar refractivity (Wildman–Crippen MR) is 58.0 cm³/mol. The maximum Gasteiger partial charge on any atom is 0.332 e. The van der Waals surface area contributed by atoms with Crippen molar-refractivity contribution >= 4 is 11.9 Å². The third-order valence-corrected chi connectivity index (χ3v) is 2.37. The minimum absolute atomic E-state index is 0.235. The molecular formula is C11H17NO4. The molecule has 2 atom stereocenters. The fourth-order valence-corrected chi connectivity index (χ4v) is 1.48. The number of aliphatic carboxylic acids is 1. The topological polar surface area (TPSA) is 75.6 Å². The molecule has 16 heavy (non-hydrogen) atoms. The van der Waals surface area contributed by atoms with Crippen LogP contribution in [0.15, 0.2) is 11.6 Å². The third kappa shape index (κ3) is 3.66. The van der Waals surface area contributed by atoms with Crippen LogP contribution in [0.5, 0.6) is 0 Å². The maximum atomic E-state index is 11.5. The molecule has 1 aliphatic rings. The molecule has 0 spiro atoms. The number of ether oxygens (including phenoxy) is 1. The van der Waals surface area contributed by atoms with Gasteiger partial charge in [-0.05, 0) is 26.7 Å². The van der Waals surface area contributed by atoms with Gasteiger partial charge in [-0.2, -0.15) is 0 Å². The summed E-state index contributed by atoms with van der Waals surface area (Å²) in [7, 11) is 0. The molecule has 0 aliphatic carbocycles. The predicted octanol–water partition coefficient (Wildman–Crippen LogP) is 0.701. The Bertz CT molecular complexity index is 307. The van der Waals surface area contributed by atoms with Gasteiger partial charge in [0.1, 0.15) is 6.10 Å². The first-order valence-electron chi connectivity index (χ1n) is 5.30. The smallest absolute Gasteiger partial charge is 0.332 e. The molecule has 0 bridgehead atoms. The summed E-state index contributed by atoms with van der Waals surface area (Å²) < 4.78 is 5.11. The first-order chi connectivity index (χ1) is 7.50. The molecule has 2 N–H and O–H groups in total. The van der Waals surface area contributed by atoms with Gasteiger partial charge >= 0.3 is 5.97 Å². The molecular weight excluding hydrogens is 210 g/mol. The zero-order valence-corrected chi connectivity index (χ0v) is 9.53. The Morgan fingerprint density at radius 1 is 1.38 bits per heavy atom. The molecule has 0 saturated carbocycles.